The van der Waals surface area contributed by atoms with Crippen LogP contribution in [0.5, 0.6) is 0 Å². The summed E-state index contributed by atoms with van der Waals surface area (Å²) in [5.74, 6) is 0. The standard InChI is InChI=1S/C38H27N/c1-2-8-33-26-34(17-14-27(33)6-1)30-20-24-36(25-21-30)39-35-22-18-29(19-23-35)28-12-15-32(16-13-28)38-11-5-9-31-7-3-4-10-37(31)38/h1-26,39H. The zero-order valence-corrected chi connectivity index (χ0v) is 21.5. The van der Waals surface area contributed by atoms with Gasteiger partial charge in [-0.05, 0) is 85.3 Å². The number of nitrogens with one attached hydrogen (secondary N) is 1. The first kappa shape index (κ1) is 23.0. The summed E-state index contributed by atoms with van der Waals surface area (Å²) in [5, 5.41) is 8.62. The molecule has 7 aromatic carbocycles. The van der Waals surface area contributed by atoms with Crippen molar-refractivity contribution in [3.63, 3.8) is 0 Å². The molecule has 0 heterocycles. The number of hydrogen-bond acceptors (Lipinski definition) is 1. The molecule has 0 aromatic heterocycles. The Labute approximate surface area is 229 Å². The first-order valence-electron chi connectivity index (χ1n) is 13.4. The fourth-order valence-electron chi connectivity index (χ4n) is 5.35. The highest BCUT2D eigenvalue weighted by Gasteiger charge is 2.05. The lowest BCUT2D eigenvalue weighted by atomic mass is 9.96. The second kappa shape index (κ2) is 9.96. The minimum Gasteiger partial charge on any atom is -0.356 e. The highest BCUT2D eigenvalue weighted by molar-refractivity contribution is 5.97. The molecule has 0 atom stereocenters. The Bertz CT molecular complexity index is 1890. The molecule has 0 saturated heterocycles. The predicted molar refractivity (Wildman–Crippen MR) is 167 cm³/mol. The molecule has 0 unspecified atom stereocenters. The van der Waals surface area contributed by atoms with Gasteiger partial charge in [0, 0.05) is 11.4 Å². The monoisotopic (exact) mass is 497 g/mol. The van der Waals surface area contributed by atoms with Crippen molar-refractivity contribution in [1.29, 1.82) is 0 Å². The average molecular weight is 498 g/mol. The van der Waals surface area contributed by atoms with Crippen molar-refractivity contribution in [2.24, 2.45) is 0 Å². The van der Waals surface area contributed by atoms with Gasteiger partial charge in [-0.1, -0.05) is 127 Å². The first-order valence-corrected chi connectivity index (χ1v) is 13.4. The molecule has 0 saturated carbocycles. The normalized spacial score (nSPS) is 11.1. The molecular formula is C38H27N. The molecule has 0 fully saturated rings. The van der Waals surface area contributed by atoms with Gasteiger partial charge in [0.2, 0.25) is 0 Å². The molecule has 7 aromatic rings. The van der Waals surface area contributed by atoms with Gasteiger partial charge in [-0.3, -0.25) is 0 Å². The maximum atomic E-state index is 3.54. The summed E-state index contributed by atoms with van der Waals surface area (Å²) in [7, 11) is 0. The Morgan fingerprint density at radius 2 is 0.795 bits per heavy atom. The molecule has 1 heteroatoms. The predicted octanol–water partition coefficient (Wildman–Crippen LogP) is 10.7. The summed E-state index contributed by atoms with van der Waals surface area (Å²) in [5.41, 5.74) is 9.52. The van der Waals surface area contributed by atoms with Gasteiger partial charge in [-0.25, -0.2) is 0 Å². The summed E-state index contributed by atoms with van der Waals surface area (Å²) in [6.07, 6.45) is 0. The van der Waals surface area contributed by atoms with Crippen LogP contribution >= 0.6 is 0 Å². The molecule has 0 radical (unpaired) electrons. The Morgan fingerprint density at radius 1 is 0.308 bits per heavy atom. The lowest BCUT2D eigenvalue weighted by Gasteiger charge is -2.10. The van der Waals surface area contributed by atoms with E-state index in [1.165, 1.54) is 54.9 Å². The lowest BCUT2D eigenvalue weighted by molar-refractivity contribution is 1.53. The highest BCUT2D eigenvalue weighted by Crippen LogP contribution is 2.31. The maximum absolute atomic E-state index is 3.54. The SMILES string of the molecule is c1ccc2cc(-c3ccc(Nc4ccc(-c5ccc(-c6cccc7ccccc67)cc5)cc4)cc3)ccc2c1. The summed E-state index contributed by atoms with van der Waals surface area (Å²) in [4.78, 5) is 0. The zero-order valence-electron chi connectivity index (χ0n) is 21.5. The molecule has 0 aliphatic rings. The van der Waals surface area contributed by atoms with E-state index in [4.69, 9.17) is 0 Å². The molecule has 1 N–H and O–H groups in total. The fourth-order valence-corrected chi connectivity index (χ4v) is 5.35. The molecule has 0 amide bonds. The van der Waals surface area contributed by atoms with E-state index in [9.17, 15) is 0 Å². The minimum atomic E-state index is 1.07. The van der Waals surface area contributed by atoms with Crippen LogP contribution in [0.1, 0.15) is 0 Å². The van der Waals surface area contributed by atoms with E-state index in [-0.39, 0.29) is 0 Å². The van der Waals surface area contributed by atoms with E-state index in [1.807, 2.05) is 0 Å². The van der Waals surface area contributed by atoms with Crippen LogP contribution in [-0.2, 0) is 0 Å². The van der Waals surface area contributed by atoms with Crippen LogP contribution in [0.25, 0.3) is 54.9 Å². The molecule has 0 aliphatic carbocycles. The van der Waals surface area contributed by atoms with Gasteiger partial charge in [-0.15, -0.1) is 0 Å². The highest BCUT2D eigenvalue weighted by atomic mass is 14.9. The lowest BCUT2D eigenvalue weighted by Crippen LogP contribution is -1.90. The van der Waals surface area contributed by atoms with Crippen molar-refractivity contribution >= 4 is 32.9 Å². The zero-order chi connectivity index (χ0) is 26.0. The van der Waals surface area contributed by atoms with Crippen LogP contribution in [0.3, 0.4) is 0 Å². The van der Waals surface area contributed by atoms with Crippen LogP contribution in [-0.4, -0.2) is 0 Å². The Hall–Kier alpha value is -5.14. The molecule has 0 aliphatic heterocycles. The van der Waals surface area contributed by atoms with Gasteiger partial charge in [0.15, 0.2) is 0 Å². The summed E-state index contributed by atoms with van der Waals surface area (Å²) in [6.45, 7) is 0. The maximum Gasteiger partial charge on any atom is 0.0384 e. The number of rotatable bonds is 5. The van der Waals surface area contributed by atoms with E-state index in [0.29, 0.717) is 0 Å². The van der Waals surface area contributed by atoms with Crippen LogP contribution in [0.4, 0.5) is 11.4 Å². The third-order valence-electron chi connectivity index (χ3n) is 7.46. The topological polar surface area (TPSA) is 12.0 Å². The van der Waals surface area contributed by atoms with Gasteiger partial charge >= 0.3 is 0 Å². The van der Waals surface area contributed by atoms with Gasteiger partial charge in [-0.2, -0.15) is 0 Å². The largest absolute Gasteiger partial charge is 0.356 e. The van der Waals surface area contributed by atoms with Crippen molar-refractivity contribution in [2.45, 2.75) is 0 Å². The molecule has 7 rings (SSSR count). The second-order valence-electron chi connectivity index (χ2n) is 9.95. The van der Waals surface area contributed by atoms with Crippen molar-refractivity contribution in [3.8, 4) is 33.4 Å². The van der Waals surface area contributed by atoms with Crippen LogP contribution in [0.2, 0.25) is 0 Å². The van der Waals surface area contributed by atoms with Crippen molar-refractivity contribution < 1.29 is 0 Å². The van der Waals surface area contributed by atoms with Gasteiger partial charge in [0.25, 0.3) is 0 Å². The van der Waals surface area contributed by atoms with Crippen LogP contribution < -0.4 is 5.32 Å². The molecule has 0 bridgehead atoms. The number of fused-ring (bicyclic) bond motifs is 2. The van der Waals surface area contributed by atoms with E-state index >= 15 is 0 Å². The van der Waals surface area contributed by atoms with Gasteiger partial charge in [0.1, 0.15) is 0 Å². The molecule has 39 heavy (non-hydrogen) atoms. The van der Waals surface area contributed by atoms with E-state index < -0.39 is 0 Å². The Balaban J connectivity index is 1.06. The van der Waals surface area contributed by atoms with E-state index in [0.717, 1.165) is 11.4 Å². The quantitative estimate of drug-likeness (QED) is 0.249. The van der Waals surface area contributed by atoms with Crippen LogP contribution in [0, 0.1) is 0 Å². The average Bonchev–Trinajstić information content (AvgIpc) is 3.01. The molecule has 184 valence electrons. The summed E-state index contributed by atoms with van der Waals surface area (Å²) in [6, 6.07) is 56.4. The third-order valence-corrected chi connectivity index (χ3v) is 7.46. The number of hydrogen-bond donors (Lipinski definition) is 1. The summed E-state index contributed by atoms with van der Waals surface area (Å²) >= 11 is 0. The molecule has 0 spiro atoms. The molecular weight excluding hydrogens is 470 g/mol. The van der Waals surface area contributed by atoms with Crippen molar-refractivity contribution in [3.05, 3.63) is 158 Å². The summed E-state index contributed by atoms with van der Waals surface area (Å²) < 4.78 is 0. The van der Waals surface area contributed by atoms with Crippen molar-refractivity contribution in [2.75, 3.05) is 5.32 Å². The molecule has 1 nitrogen and oxygen atoms in total. The van der Waals surface area contributed by atoms with Gasteiger partial charge < -0.3 is 5.32 Å². The fraction of sp³-hybridized carbons (Fsp3) is 0. The van der Waals surface area contributed by atoms with Gasteiger partial charge in [0.05, 0.1) is 0 Å². The Morgan fingerprint density at radius 3 is 1.49 bits per heavy atom. The van der Waals surface area contributed by atoms with E-state index in [1.54, 1.807) is 0 Å². The van der Waals surface area contributed by atoms with Crippen molar-refractivity contribution in [1.82, 2.24) is 0 Å². The Kier molecular flexibility index (Phi) is 5.88. The number of anilines is 2. The third kappa shape index (κ3) is 4.67. The second-order valence-corrected chi connectivity index (χ2v) is 9.95. The minimum absolute atomic E-state index is 1.07. The van der Waals surface area contributed by atoms with E-state index in [2.05, 4.69) is 163 Å². The smallest absolute Gasteiger partial charge is 0.0384 e. The number of benzene rings is 7. The van der Waals surface area contributed by atoms with Crippen LogP contribution in [0.15, 0.2) is 158 Å². The first-order chi connectivity index (χ1) is 19.3.